The van der Waals surface area contributed by atoms with Gasteiger partial charge in [0.15, 0.2) is 0 Å². The van der Waals surface area contributed by atoms with Crippen molar-refractivity contribution in [2.75, 3.05) is 0 Å². The summed E-state index contributed by atoms with van der Waals surface area (Å²) in [5.41, 5.74) is 1.72. The molecule has 158 valence electrons. The molecule has 0 saturated heterocycles. The molecule has 30 heavy (non-hydrogen) atoms. The Morgan fingerprint density at radius 3 is 2.27 bits per heavy atom. The number of carbonyl (C=O) groups excluding carboxylic acids is 1. The van der Waals surface area contributed by atoms with Gasteiger partial charge in [-0.3, -0.25) is 14.2 Å². The Morgan fingerprint density at radius 2 is 1.67 bits per heavy atom. The summed E-state index contributed by atoms with van der Waals surface area (Å²) >= 11 is 0.779. The van der Waals surface area contributed by atoms with E-state index < -0.39 is 12.3 Å². The molecule has 3 aromatic rings. The number of rotatable bonds is 6. The number of carbonyl (C=O) groups is 1. The lowest BCUT2D eigenvalue weighted by Gasteiger charge is -2.10. The first-order valence-electron chi connectivity index (χ1n) is 8.70. The van der Waals surface area contributed by atoms with Crippen LogP contribution < -0.4 is 14.9 Å². The molecule has 1 amide bonds. The third-order valence-corrected chi connectivity index (χ3v) is 5.29. The van der Waals surface area contributed by atoms with Crippen LogP contribution in [-0.4, -0.2) is 16.8 Å². The quantitative estimate of drug-likeness (QED) is 0.584. The number of benzene rings is 2. The van der Waals surface area contributed by atoms with Crippen molar-refractivity contribution in [1.29, 1.82) is 0 Å². The van der Waals surface area contributed by atoms with Crippen LogP contribution >= 0.6 is 11.3 Å². The molecule has 0 atom stereocenters. The van der Waals surface area contributed by atoms with E-state index in [-0.39, 0.29) is 34.4 Å². The third kappa shape index (κ3) is 5.47. The lowest BCUT2D eigenvalue weighted by Crippen LogP contribution is -2.23. The van der Waals surface area contributed by atoms with Crippen LogP contribution in [0.1, 0.15) is 26.5 Å². The highest BCUT2D eigenvalue weighted by Gasteiger charge is 2.31. The van der Waals surface area contributed by atoms with Gasteiger partial charge in [-0.2, -0.15) is 0 Å². The number of aromatic nitrogens is 1. The van der Waals surface area contributed by atoms with Gasteiger partial charge in [-0.15, -0.1) is 13.2 Å². The second kappa shape index (κ2) is 8.70. The van der Waals surface area contributed by atoms with E-state index in [1.54, 1.807) is 19.1 Å². The molecule has 1 N–H and O–H groups in total. The zero-order valence-electron chi connectivity index (χ0n) is 15.6. The van der Waals surface area contributed by atoms with Gasteiger partial charge in [0.25, 0.3) is 5.91 Å². The largest absolute Gasteiger partial charge is 0.573 e. The van der Waals surface area contributed by atoms with E-state index in [0.717, 1.165) is 23.5 Å². The Balaban J connectivity index is 1.69. The maximum Gasteiger partial charge on any atom is 0.573 e. The molecule has 0 radical (unpaired) electrons. The third-order valence-electron chi connectivity index (χ3n) is 4.21. The standard InChI is InChI=1S/C20H16F4N2O3S/c1-12-17(18(27)25-10-13-2-6-15(21)7-3-13)30-19(28)26(12)11-14-4-8-16(9-5-14)29-20(22,23)24/h2-9H,10-11H2,1H3,(H,25,27). The summed E-state index contributed by atoms with van der Waals surface area (Å²) in [6.45, 7) is 1.88. The molecule has 0 aliphatic heterocycles. The Kier molecular flexibility index (Phi) is 6.25. The van der Waals surface area contributed by atoms with Crippen molar-refractivity contribution in [1.82, 2.24) is 9.88 Å². The van der Waals surface area contributed by atoms with Gasteiger partial charge in [-0.1, -0.05) is 35.6 Å². The van der Waals surface area contributed by atoms with E-state index in [9.17, 15) is 27.2 Å². The molecule has 0 aliphatic rings. The summed E-state index contributed by atoms with van der Waals surface area (Å²) in [6.07, 6.45) is -4.78. The number of amides is 1. The molecule has 0 aliphatic carbocycles. The molecule has 1 aromatic heterocycles. The number of ether oxygens (including phenoxy) is 1. The van der Waals surface area contributed by atoms with Crippen LogP contribution in [0.15, 0.2) is 53.3 Å². The zero-order valence-corrected chi connectivity index (χ0v) is 16.4. The summed E-state index contributed by atoms with van der Waals surface area (Å²) in [6, 6.07) is 10.8. The first-order chi connectivity index (χ1) is 14.1. The number of thiazole rings is 1. The number of alkyl halides is 3. The van der Waals surface area contributed by atoms with Crippen molar-refractivity contribution in [2.24, 2.45) is 0 Å². The Labute approximate surface area is 172 Å². The van der Waals surface area contributed by atoms with Crippen LogP contribution in [0, 0.1) is 12.7 Å². The molecule has 1 heterocycles. The molecule has 5 nitrogen and oxygen atoms in total. The van der Waals surface area contributed by atoms with E-state index in [0.29, 0.717) is 16.8 Å². The summed E-state index contributed by atoms with van der Waals surface area (Å²) in [7, 11) is 0. The summed E-state index contributed by atoms with van der Waals surface area (Å²) in [5, 5.41) is 2.68. The predicted molar refractivity (Wildman–Crippen MR) is 103 cm³/mol. The van der Waals surface area contributed by atoms with Crippen LogP contribution in [-0.2, 0) is 13.1 Å². The highest BCUT2D eigenvalue weighted by Crippen LogP contribution is 2.23. The molecule has 0 fully saturated rings. The summed E-state index contributed by atoms with van der Waals surface area (Å²) < 4.78 is 54.9. The van der Waals surface area contributed by atoms with Gasteiger partial charge in [0.05, 0.1) is 6.54 Å². The smallest absolute Gasteiger partial charge is 0.406 e. The van der Waals surface area contributed by atoms with Gasteiger partial charge < -0.3 is 10.1 Å². The van der Waals surface area contributed by atoms with Crippen LogP contribution in [0.3, 0.4) is 0 Å². The van der Waals surface area contributed by atoms with Gasteiger partial charge in [0.1, 0.15) is 16.4 Å². The van der Waals surface area contributed by atoms with Crippen LogP contribution in [0.2, 0.25) is 0 Å². The van der Waals surface area contributed by atoms with E-state index in [1.165, 1.54) is 28.8 Å². The molecule has 3 rings (SSSR count). The Hall–Kier alpha value is -3.14. The summed E-state index contributed by atoms with van der Waals surface area (Å²) in [5.74, 6) is -1.18. The van der Waals surface area contributed by atoms with E-state index >= 15 is 0 Å². The fourth-order valence-corrected chi connectivity index (χ4v) is 3.62. The first-order valence-corrected chi connectivity index (χ1v) is 9.51. The fourth-order valence-electron chi connectivity index (χ4n) is 2.71. The molecule has 0 unspecified atom stereocenters. The maximum absolute atomic E-state index is 12.9. The molecule has 0 saturated carbocycles. The fraction of sp³-hybridized carbons (Fsp3) is 0.200. The highest BCUT2D eigenvalue weighted by atomic mass is 32.1. The van der Waals surface area contributed by atoms with Gasteiger partial charge >= 0.3 is 11.2 Å². The molecule has 0 bridgehead atoms. The number of halogens is 4. The van der Waals surface area contributed by atoms with Crippen molar-refractivity contribution in [3.05, 3.63) is 85.7 Å². The minimum Gasteiger partial charge on any atom is -0.406 e. The molecule has 0 spiro atoms. The zero-order chi connectivity index (χ0) is 21.9. The summed E-state index contributed by atoms with van der Waals surface area (Å²) in [4.78, 5) is 24.6. The topological polar surface area (TPSA) is 60.3 Å². The highest BCUT2D eigenvalue weighted by molar-refractivity contribution is 7.11. The van der Waals surface area contributed by atoms with E-state index in [4.69, 9.17) is 0 Å². The van der Waals surface area contributed by atoms with Gasteiger partial charge in [-0.25, -0.2) is 4.39 Å². The molecule has 10 heteroatoms. The second-order valence-electron chi connectivity index (χ2n) is 6.37. The monoisotopic (exact) mass is 440 g/mol. The SMILES string of the molecule is Cc1c(C(=O)NCc2ccc(F)cc2)sc(=O)n1Cc1ccc(OC(F)(F)F)cc1. The van der Waals surface area contributed by atoms with Gasteiger partial charge in [0.2, 0.25) is 0 Å². The lowest BCUT2D eigenvalue weighted by molar-refractivity contribution is -0.274. The molecular formula is C20H16F4N2O3S. The first kappa shape index (κ1) is 21.6. The van der Waals surface area contributed by atoms with Crippen molar-refractivity contribution < 1.29 is 27.1 Å². The maximum atomic E-state index is 12.9. The van der Waals surface area contributed by atoms with E-state index in [2.05, 4.69) is 10.1 Å². The molecular weight excluding hydrogens is 424 g/mol. The van der Waals surface area contributed by atoms with Crippen molar-refractivity contribution in [3.63, 3.8) is 0 Å². The second-order valence-corrected chi connectivity index (χ2v) is 7.33. The van der Waals surface area contributed by atoms with Crippen LogP contribution in [0.4, 0.5) is 17.6 Å². The normalized spacial score (nSPS) is 11.4. The lowest BCUT2D eigenvalue weighted by atomic mass is 10.2. The number of nitrogens with zero attached hydrogens (tertiary/aromatic N) is 1. The van der Waals surface area contributed by atoms with Crippen molar-refractivity contribution in [2.45, 2.75) is 26.4 Å². The van der Waals surface area contributed by atoms with E-state index in [1.807, 2.05) is 0 Å². The average molecular weight is 440 g/mol. The predicted octanol–water partition coefficient (Wildman–Crippen LogP) is 4.23. The minimum atomic E-state index is -4.78. The Morgan fingerprint density at radius 1 is 1.07 bits per heavy atom. The average Bonchev–Trinajstić information content (AvgIpc) is 2.96. The molecule has 2 aromatic carbocycles. The van der Waals surface area contributed by atoms with Crippen LogP contribution in [0.25, 0.3) is 0 Å². The number of hydrogen-bond donors (Lipinski definition) is 1. The van der Waals surface area contributed by atoms with Gasteiger partial charge in [-0.05, 0) is 42.3 Å². The number of nitrogens with one attached hydrogen (secondary N) is 1. The minimum absolute atomic E-state index is 0.0959. The van der Waals surface area contributed by atoms with Crippen molar-refractivity contribution >= 4 is 17.2 Å². The van der Waals surface area contributed by atoms with Gasteiger partial charge in [0, 0.05) is 12.2 Å². The number of hydrogen-bond acceptors (Lipinski definition) is 4. The van der Waals surface area contributed by atoms with Crippen molar-refractivity contribution in [3.8, 4) is 5.75 Å². The van der Waals surface area contributed by atoms with Crippen LogP contribution in [0.5, 0.6) is 5.75 Å². The Bertz CT molecular complexity index is 1090.